The van der Waals surface area contributed by atoms with Crippen molar-refractivity contribution in [1.29, 1.82) is 0 Å². The Kier molecular flexibility index (Phi) is 3.93. The third-order valence-electron chi connectivity index (χ3n) is 3.58. The minimum absolute atomic E-state index is 0.0615. The van der Waals surface area contributed by atoms with E-state index in [0.717, 1.165) is 5.56 Å². The number of hydrogen-bond acceptors (Lipinski definition) is 2. The first-order valence-corrected chi connectivity index (χ1v) is 6.68. The van der Waals surface area contributed by atoms with Crippen LogP contribution >= 0.6 is 11.6 Å². The standard InChI is InChI=1S/C14H19ClN2O/c1-9(2)10(3)17-13(18)8-16-14(17)11-5-4-6-12(15)7-11/h4-7,9-10,14,16H,8H2,1-3H3. The van der Waals surface area contributed by atoms with Gasteiger partial charge in [-0.05, 0) is 30.5 Å². The molecule has 0 bridgehead atoms. The summed E-state index contributed by atoms with van der Waals surface area (Å²) in [6, 6.07) is 7.88. The van der Waals surface area contributed by atoms with Gasteiger partial charge in [0, 0.05) is 11.1 Å². The Morgan fingerprint density at radius 2 is 2.11 bits per heavy atom. The van der Waals surface area contributed by atoms with Crippen molar-refractivity contribution in [3.8, 4) is 0 Å². The third-order valence-corrected chi connectivity index (χ3v) is 3.82. The van der Waals surface area contributed by atoms with E-state index in [1.54, 1.807) is 0 Å². The summed E-state index contributed by atoms with van der Waals surface area (Å²) in [6.07, 6.45) is -0.0615. The van der Waals surface area contributed by atoms with Crippen molar-refractivity contribution in [3.05, 3.63) is 34.9 Å². The second-order valence-electron chi connectivity index (χ2n) is 5.12. The quantitative estimate of drug-likeness (QED) is 0.912. The van der Waals surface area contributed by atoms with Crippen LogP contribution < -0.4 is 5.32 Å². The summed E-state index contributed by atoms with van der Waals surface area (Å²) in [5.74, 6) is 0.580. The monoisotopic (exact) mass is 266 g/mol. The molecule has 0 saturated carbocycles. The van der Waals surface area contributed by atoms with E-state index < -0.39 is 0 Å². The second-order valence-corrected chi connectivity index (χ2v) is 5.56. The molecule has 1 aliphatic rings. The summed E-state index contributed by atoms with van der Waals surface area (Å²) >= 11 is 6.02. The lowest BCUT2D eigenvalue weighted by Crippen LogP contribution is -2.40. The number of nitrogens with zero attached hydrogens (tertiary/aromatic N) is 1. The van der Waals surface area contributed by atoms with Crippen molar-refractivity contribution >= 4 is 17.5 Å². The highest BCUT2D eigenvalue weighted by Gasteiger charge is 2.35. The molecular weight excluding hydrogens is 248 g/mol. The van der Waals surface area contributed by atoms with Gasteiger partial charge in [0.15, 0.2) is 0 Å². The largest absolute Gasteiger partial charge is 0.319 e. The van der Waals surface area contributed by atoms with E-state index in [-0.39, 0.29) is 18.1 Å². The summed E-state index contributed by atoms with van der Waals surface area (Å²) in [5.41, 5.74) is 1.04. The lowest BCUT2D eigenvalue weighted by molar-refractivity contribution is -0.130. The van der Waals surface area contributed by atoms with Crippen LogP contribution in [0.1, 0.15) is 32.5 Å². The van der Waals surface area contributed by atoms with Gasteiger partial charge in [0.2, 0.25) is 5.91 Å². The topological polar surface area (TPSA) is 32.3 Å². The molecule has 1 amide bonds. The van der Waals surface area contributed by atoms with Crippen LogP contribution in [0.4, 0.5) is 0 Å². The van der Waals surface area contributed by atoms with E-state index in [1.807, 2.05) is 29.2 Å². The molecule has 2 unspecified atom stereocenters. The molecule has 0 aromatic heterocycles. The number of benzene rings is 1. The molecule has 1 saturated heterocycles. The van der Waals surface area contributed by atoms with Gasteiger partial charge in [0.25, 0.3) is 0 Å². The van der Waals surface area contributed by atoms with Crippen molar-refractivity contribution in [2.45, 2.75) is 33.0 Å². The summed E-state index contributed by atoms with van der Waals surface area (Å²) in [7, 11) is 0. The minimum Gasteiger partial charge on any atom is -0.319 e. The van der Waals surface area contributed by atoms with Crippen LogP contribution in [0.3, 0.4) is 0 Å². The average Bonchev–Trinajstić information content (AvgIpc) is 2.70. The number of halogens is 1. The normalized spacial score (nSPS) is 21.7. The van der Waals surface area contributed by atoms with E-state index in [4.69, 9.17) is 11.6 Å². The third kappa shape index (κ3) is 2.52. The number of rotatable bonds is 3. The van der Waals surface area contributed by atoms with Crippen LogP contribution in [-0.2, 0) is 4.79 Å². The number of hydrogen-bond donors (Lipinski definition) is 1. The molecule has 2 atom stereocenters. The van der Waals surface area contributed by atoms with E-state index in [2.05, 4.69) is 26.1 Å². The van der Waals surface area contributed by atoms with Gasteiger partial charge >= 0.3 is 0 Å². The van der Waals surface area contributed by atoms with E-state index in [0.29, 0.717) is 17.5 Å². The van der Waals surface area contributed by atoms with Gasteiger partial charge in [0.05, 0.1) is 6.54 Å². The first kappa shape index (κ1) is 13.4. The van der Waals surface area contributed by atoms with Crippen molar-refractivity contribution < 1.29 is 4.79 Å². The molecule has 0 radical (unpaired) electrons. The summed E-state index contributed by atoms with van der Waals surface area (Å²) in [4.78, 5) is 13.9. The maximum absolute atomic E-state index is 12.0. The second kappa shape index (κ2) is 5.29. The van der Waals surface area contributed by atoms with Crippen molar-refractivity contribution in [2.75, 3.05) is 6.54 Å². The fraction of sp³-hybridized carbons (Fsp3) is 0.500. The molecule has 18 heavy (non-hydrogen) atoms. The molecular formula is C14H19ClN2O. The molecule has 2 rings (SSSR count). The van der Waals surface area contributed by atoms with E-state index >= 15 is 0 Å². The van der Waals surface area contributed by atoms with Gasteiger partial charge in [-0.2, -0.15) is 0 Å². The van der Waals surface area contributed by atoms with E-state index in [1.165, 1.54) is 0 Å². The van der Waals surface area contributed by atoms with Gasteiger partial charge < -0.3 is 4.90 Å². The molecule has 3 nitrogen and oxygen atoms in total. The van der Waals surface area contributed by atoms with Gasteiger partial charge in [-0.1, -0.05) is 37.6 Å². The lowest BCUT2D eigenvalue weighted by Gasteiger charge is -2.33. The predicted octanol–water partition coefficient (Wildman–Crippen LogP) is 2.81. The van der Waals surface area contributed by atoms with E-state index in [9.17, 15) is 4.79 Å². The molecule has 0 spiro atoms. The molecule has 1 aromatic rings. The van der Waals surface area contributed by atoms with Crippen molar-refractivity contribution in [3.63, 3.8) is 0 Å². The lowest BCUT2D eigenvalue weighted by atomic mass is 10.0. The Labute approximate surface area is 113 Å². The van der Waals surface area contributed by atoms with Gasteiger partial charge in [-0.15, -0.1) is 0 Å². The van der Waals surface area contributed by atoms with Crippen LogP contribution in [0, 0.1) is 5.92 Å². The molecule has 1 fully saturated rings. The Hall–Kier alpha value is -1.06. The average molecular weight is 267 g/mol. The van der Waals surface area contributed by atoms with Crippen LogP contribution in [0.2, 0.25) is 5.02 Å². The first-order valence-electron chi connectivity index (χ1n) is 6.30. The molecule has 98 valence electrons. The molecule has 4 heteroatoms. The zero-order chi connectivity index (χ0) is 13.3. The Balaban J connectivity index is 2.29. The van der Waals surface area contributed by atoms with Crippen LogP contribution in [0.25, 0.3) is 0 Å². The zero-order valence-corrected chi connectivity index (χ0v) is 11.7. The summed E-state index contributed by atoms with van der Waals surface area (Å²) < 4.78 is 0. The summed E-state index contributed by atoms with van der Waals surface area (Å²) in [6.45, 7) is 6.75. The zero-order valence-electron chi connectivity index (χ0n) is 11.0. The van der Waals surface area contributed by atoms with Gasteiger partial charge in [-0.25, -0.2) is 0 Å². The summed E-state index contributed by atoms with van der Waals surface area (Å²) in [5, 5.41) is 3.95. The highest BCUT2D eigenvalue weighted by atomic mass is 35.5. The molecule has 1 heterocycles. The number of carbonyl (C=O) groups is 1. The maximum Gasteiger partial charge on any atom is 0.238 e. The fourth-order valence-corrected chi connectivity index (χ4v) is 2.45. The smallest absolute Gasteiger partial charge is 0.238 e. The van der Waals surface area contributed by atoms with Gasteiger partial charge in [0.1, 0.15) is 6.17 Å². The molecule has 0 aliphatic carbocycles. The Morgan fingerprint density at radius 3 is 2.72 bits per heavy atom. The maximum atomic E-state index is 12.0. The highest BCUT2D eigenvalue weighted by Crippen LogP contribution is 2.28. The number of amides is 1. The van der Waals surface area contributed by atoms with Crippen LogP contribution in [0.15, 0.2) is 24.3 Å². The number of nitrogens with one attached hydrogen (secondary N) is 1. The van der Waals surface area contributed by atoms with Crippen molar-refractivity contribution in [1.82, 2.24) is 10.2 Å². The molecule has 1 aliphatic heterocycles. The molecule has 1 aromatic carbocycles. The number of carbonyl (C=O) groups excluding carboxylic acids is 1. The molecule has 1 N–H and O–H groups in total. The predicted molar refractivity (Wildman–Crippen MR) is 73.3 cm³/mol. The SMILES string of the molecule is CC(C)C(C)N1C(=O)CNC1c1cccc(Cl)c1. The van der Waals surface area contributed by atoms with Gasteiger partial charge in [-0.3, -0.25) is 10.1 Å². The fourth-order valence-electron chi connectivity index (χ4n) is 2.26. The Morgan fingerprint density at radius 1 is 1.39 bits per heavy atom. The highest BCUT2D eigenvalue weighted by molar-refractivity contribution is 6.30. The Bertz CT molecular complexity index is 447. The minimum atomic E-state index is -0.0615. The van der Waals surface area contributed by atoms with Crippen LogP contribution in [0.5, 0.6) is 0 Å². The van der Waals surface area contributed by atoms with Crippen molar-refractivity contribution in [2.24, 2.45) is 5.92 Å². The first-order chi connectivity index (χ1) is 8.50. The van der Waals surface area contributed by atoms with Crippen LogP contribution in [-0.4, -0.2) is 23.4 Å².